The van der Waals surface area contributed by atoms with Crippen LogP contribution in [0, 0.1) is 0 Å². The van der Waals surface area contributed by atoms with Gasteiger partial charge in [-0.1, -0.05) is 90.2 Å². The third kappa shape index (κ3) is 15.7. The Morgan fingerprint density at radius 1 is 0.593 bits per heavy atom. The maximum atomic E-state index is 12.9. The second-order valence-electron chi connectivity index (χ2n) is 15.8. The average molecular weight is 856 g/mol. The summed E-state index contributed by atoms with van der Waals surface area (Å²) in [5.74, 6) is -0.292. The first kappa shape index (κ1) is 51.9. The van der Waals surface area contributed by atoms with Gasteiger partial charge in [-0.25, -0.2) is 0 Å². The van der Waals surface area contributed by atoms with Crippen molar-refractivity contribution < 1.29 is 89.4 Å². The Hall–Kier alpha value is -1.47. The number of carbonyl (C=O) groups is 1. The lowest BCUT2D eigenvalue weighted by molar-refractivity contribution is -0.379. The molecule has 17 atom stereocenters. The highest BCUT2D eigenvalue weighted by molar-refractivity contribution is 5.76. The smallest absolute Gasteiger partial charge is 0.220 e. The molecule has 0 aromatic heterocycles. The van der Waals surface area contributed by atoms with E-state index in [1.165, 1.54) is 12.8 Å². The number of amides is 1. The molecule has 19 nitrogen and oxygen atoms in total. The first-order valence-corrected chi connectivity index (χ1v) is 21.4. The van der Waals surface area contributed by atoms with E-state index in [9.17, 15) is 61.0 Å². The Bertz CT molecular complexity index is 1170. The molecule has 17 unspecified atom stereocenters. The highest BCUT2D eigenvalue weighted by atomic mass is 16.8. The first-order valence-electron chi connectivity index (χ1n) is 21.4. The van der Waals surface area contributed by atoms with E-state index in [2.05, 4.69) is 19.2 Å². The van der Waals surface area contributed by atoms with Crippen molar-refractivity contribution in [3.05, 3.63) is 12.2 Å². The second kappa shape index (κ2) is 27.6. The molecule has 0 aromatic carbocycles. The van der Waals surface area contributed by atoms with E-state index in [0.29, 0.717) is 6.42 Å². The van der Waals surface area contributed by atoms with Crippen LogP contribution in [0.25, 0.3) is 0 Å². The second-order valence-corrected chi connectivity index (χ2v) is 15.8. The van der Waals surface area contributed by atoms with Gasteiger partial charge in [-0.3, -0.25) is 4.79 Å². The van der Waals surface area contributed by atoms with E-state index in [-0.39, 0.29) is 18.9 Å². The van der Waals surface area contributed by atoms with Crippen molar-refractivity contribution in [2.75, 3.05) is 26.4 Å². The van der Waals surface area contributed by atoms with Gasteiger partial charge in [0.2, 0.25) is 5.91 Å². The summed E-state index contributed by atoms with van der Waals surface area (Å²) in [6.07, 6.45) is -9.74. The highest BCUT2D eigenvalue weighted by Gasteiger charge is 2.53. The zero-order chi connectivity index (χ0) is 43.5. The van der Waals surface area contributed by atoms with Crippen LogP contribution < -0.4 is 5.32 Å². The Kier molecular flexibility index (Phi) is 24.2. The Labute approximate surface area is 346 Å². The van der Waals surface area contributed by atoms with Gasteiger partial charge >= 0.3 is 0 Å². The number of carbonyl (C=O) groups excluding carboxylic acids is 1. The van der Waals surface area contributed by atoms with Crippen molar-refractivity contribution in [1.82, 2.24) is 5.32 Å². The van der Waals surface area contributed by atoms with Gasteiger partial charge in [-0.2, -0.15) is 0 Å². The molecule has 0 aliphatic carbocycles. The molecular weight excluding hydrogens is 782 g/mol. The van der Waals surface area contributed by atoms with Crippen molar-refractivity contribution >= 4 is 5.91 Å². The fourth-order valence-electron chi connectivity index (χ4n) is 7.36. The minimum Gasteiger partial charge on any atom is -0.394 e. The summed E-state index contributed by atoms with van der Waals surface area (Å²) in [4.78, 5) is 12.9. The number of allylic oxidation sites excluding steroid dienone is 1. The molecule has 59 heavy (non-hydrogen) atoms. The Morgan fingerprint density at radius 3 is 1.59 bits per heavy atom. The van der Waals surface area contributed by atoms with Crippen LogP contribution in [0.4, 0.5) is 0 Å². The summed E-state index contributed by atoms with van der Waals surface area (Å²) in [6, 6.07) is -0.960. The SMILES string of the molecule is CCCCCCCC/C=C/C(O)C(COC1OC(CO)C(OC2OC(CO)C(OC3OC(CO)C(O)C(O)C3O)C(O)C2O)C(O)C1O)NC(=O)CCCCCCCC. The van der Waals surface area contributed by atoms with Crippen LogP contribution in [0.2, 0.25) is 0 Å². The standard InChI is InChI=1S/C40H73NO18/c1-3-5-7-9-11-12-13-15-17-24(45)23(41-28(46)18-16-14-10-8-6-4-2)22-54-38-34(52)31(49)36(26(20-43)56-38)59-40-35(53)32(50)37(27(21-44)57-40)58-39-33(51)30(48)29(47)25(19-42)55-39/h15,17,23-27,29-40,42-45,47-53H,3-14,16,18-22H2,1-2H3,(H,41,46)/b17-15+. The van der Waals surface area contributed by atoms with Gasteiger partial charge in [-0.15, -0.1) is 0 Å². The van der Waals surface area contributed by atoms with Crippen molar-refractivity contribution in [3.8, 4) is 0 Å². The molecule has 3 fully saturated rings. The summed E-state index contributed by atoms with van der Waals surface area (Å²) < 4.78 is 33.8. The normalized spacial score (nSPS) is 36.5. The molecule has 0 radical (unpaired) electrons. The molecule has 3 rings (SSSR count). The molecule has 1 amide bonds. The van der Waals surface area contributed by atoms with Crippen LogP contribution in [0.1, 0.15) is 104 Å². The van der Waals surface area contributed by atoms with Crippen LogP contribution in [0.3, 0.4) is 0 Å². The number of hydrogen-bond donors (Lipinski definition) is 12. The molecule has 0 aromatic rings. The summed E-state index contributed by atoms with van der Waals surface area (Å²) in [5.41, 5.74) is 0. The van der Waals surface area contributed by atoms with Crippen molar-refractivity contribution in [2.45, 2.75) is 208 Å². The monoisotopic (exact) mass is 855 g/mol. The molecule has 0 saturated carbocycles. The molecule has 3 aliphatic rings. The maximum Gasteiger partial charge on any atom is 0.220 e. The fraction of sp³-hybridized carbons (Fsp3) is 0.925. The quantitative estimate of drug-likeness (QED) is 0.0326. The third-order valence-corrected chi connectivity index (χ3v) is 11.1. The minimum absolute atomic E-state index is 0.241. The van der Waals surface area contributed by atoms with Gasteiger partial charge in [0, 0.05) is 6.42 Å². The molecule has 3 heterocycles. The van der Waals surface area contributed by atoms with Gasteiger partial charge in [-0.05, 0) is 19.3 Å². The van der Waals surface area contributed by atoms with Crippen molar-refractivity contribution in [2.24, 2.45) is 0 Å². The first-order chi connectivity index (χ1) is 28.3. The predicted octanol–water partition coefficient (Wildman–Crippen LogP) is -1.65. The number of aliphatic hydroxyl groups is 11. The van der Waals surface area contributed by atoms with Gasteiger partial charge in [0.1, 0.15) is 73.2 Å². The van der Waals surface area contributed by atoms with Gasteiger partial charge in [0.25, 0.3) is 0 Å². The number of rotatable bonds is 27. The van der Waals surface area contributed by atoms with Gasteiger partial charge in [0.05, 0.1) is 38.6 Å². The van der Waals surface area contributed by atoms with Crippen LogP contribution in [-0.4, -0.2) is 193 Å². The van der Waals surface area contributed by atoms with Gasteiger partial charge < -0.3 is 89.9 Å². The predicted molar refractivity (Wildman–Crippen MR) is 208 cm³/mol. The van der Waals surface area contributed by atoms with E-state index in [1.807, 2.05) is 6.08 Å². The zero-order valence-electron chi connectivity index (χ0n) is 34.5. The highest BCUT2D eigenvalue weighted by Crippen LogP contribution is 2.33. The Balaban J connectivity index is 1.63. The van der Waals surface area contributed by atoms with E-state index < -0.39 is 124 Å². The molecule has 12 N–H and O–H groups in total. The zero-order valence-corrected chi connectivity index (χ0v) is 34.5. The number of nitrogens with one attached hydrogen (secondary N) is 1. The topological polar surface area (TPSA) is 307 Å². The van der Waals surface area contributed by atoms with Crippen LogP contribution in [0.15, 0.2) is 12.2 Å². The molecular formula is C40H73NO18. The average Bonchev–Trinajstić information content (AvgIpc) is 3.23. The van der Waals surface area contributed by atoms with Crippen LogP contribution in [-0.2, 0) is 33.2 Å². The lowest BCUT2D eigenvalue weighted by Gasteiger charge is -2.48. The summed E-state index contributed by atoms with van der Waals surface area (Å²) in [6.45, 7) is 1.52. The van der Waals surface area contributed by atoms with E-state index >= 15 is 0 Å². The van der Waals surface area contributed by atoms with Crippen molar-refractivity contribution in [3.63, 3.8) is 0 Å². The van der Waals surface area contributed by atoms with E-state index in [1.54, 1.807) is 6.08 Å². The van der Waals surface area contributed by atoms with E-state index in [0.717, 1.165) is 64.2 Å². The molecule has 3 aliphatic heterocycles. The molecule has 346 valence electrons. The molecule has 0 bridgehead atoms. The van der Waals surface area contributed by atoms with Crippen molar-refractivity contribution in [1.29, 1.82) is 0 Å². The fourth-order valence-corrected chi connectivity index (χ4v) is 7.36. The number of aliphatic hydroxyl groups excluding tert-OH is 11. The largest absolute Gasteiger partial charge is 0.394 e. The lowest BCUT2D eigenvalue weighted by atomic mass is 9.96. The van der Waals surface area contributed by atoms with Crippen LogP contribution >= 0.6 is 0 Å². The van der Waals surface area contributed by atoms with Gasteiger partial charge in [0.15, 0.2) is 18.9 Å². The number of hydrogen-bond acceptors (Lipinski definition) is 18. The van der Waals surface area contributed by atoms with Crippen LogP contribution in [0.5, 0.6) is 0 Å². The third-order valence-electron chi connectivity index (χ3n) is 11.1. The van der Waals surface area contributed by atoms with E-state index in [4.69, 9.17) is 28.4 Å². The maximum absolute atomic E-state index is 12.9. The molecule has 0 spiro atoms. The summed E-state index contributed by atoms with van der Waals surface area (Å²) in [7, 11) is 0. The number of ether oxygens (including phenoxy) is 6. The molecule has 3 saturated heterocycles. The number of unbranched alkanes of at least 4 members (excludes halogenated alkanes) is 11. The minimum atomic E-state index is -1.97. The summed E-state index contributed by atoms with van der Waals surface area (Å²) >= 11 is 0. The Morgan fingerprint density at radius 2 is 1.05 bits per heavy atom. The lowest BCUT2D eigenvalue weighted by Crippen LogP contribution is -2.66. The summed E-state index contributed by atoms with van der Waals surface area (Å²) in [5, 5.41) is 119. The molecule has 19 heteroatoms.